The maximum absolute atomic E-state index is 11.3. The molecule has 1 fully saturated rings. The SMILES string of the molecule is CC1(C)CCCC(C(C)(C)CC(=O)OCl)C1. The molecule has 1 aliphatic rings. The molecule has 1 unspecified atom stereocenters. The average Bonchev–Trinajstić information content (AvgIpc) is 2.15. The zero-order valence-electron chi connectivity index (χ0n) is 10.8. The Morgan fingerprint density at radius 2 is 2.12 bits per heavy atom. The monoisotopic (exact) mass is 246 g/mol. The van der Waals surface area contributed by atoms with E-state index in [4.69, 9.17) is 11.9 Å². The first-order chi connectivity index (χ1) is 7.27. The highest BCUT2D eigenvalue weighted by Crippen LogP contribution is 2.47. The third-order valence-electron chi connectivity index (χ3n) is 4.00. The molecule has 0 aliphatic heterocycles. The smallest absolute Gasteiger partial charge is 0.325 e. The maximum Gasteiger partial charge on any atom is 0.325 e. The molecule has 1 rings (SSSR count). The molecule has 1 saturated carbocycles. The number of hydrogen-bond donors (Lipinski definition) is 0. The van der Waals surface area contributed by atoms with Gasteiger partial charge in [-0.1, -0.05) is 34.1 Å². The van der Waals surface area contributed by atoms with Crippen LogP contribution in [0.25, 0.3) is 0 Å². The van der Waals surface area contributed by atoms with Crippen LogP contribution in [0.5, 0.6) is 0 Å². The van der Waals surface area contributed by atoms with Gasteiger partial charge in [-0.3, -0.25) is 4.79 Å². The Labute approximate surface area is 104 Å². The van der Waals surface area contributed by atoms with Gasteiger partial charge in [0.2, 0.25) is 0 Å². The molecule has 0 amide bonds. The molecule has 0 radical (unpaired) electrons. The van der Waals surface area contributed by atoms with Crippen molar-refractivity contribution < 1.29 is 9.08 Å². The van der Waals surface area contributed by atoms with E-state index in [-0.39, 0.29) is 11.4 Å². The number of hydrogen-bond acceptors (Lipinski definition) is 2. The van der Waals surface area contributed by atoms with Gasteiger partial charge < -0.3 is 4.29 Å². The van der Waals surface area contributed by atoms with E-state index in [9.17, 15) is 4.79 Å². The molecule has 1 atom stereocenters. The second kappa shape index (κ2) is 4.95. The van der Waals surface area contributed by atoms with Crippen molar-refractivity contribution in [2.45, 2.75) is 59.8 Å². The second-order valence-corrected chi connectivity index (χ2v) is 6.73. The van der Waals surface area contributed by atoms with E-state index in [1.807, 2.05) is 0 Å². The molecule has 0 bridgehead atoms. The molecule has 0 heterocycles. The Morgan fingerprint density at radius 1 is 1.50 bits per heavy atom. The van der Waals surface area contributed by atoms with Crippen molar-refractivity contribution in [3.63, 3.8) is 0 Å². The van der Waals surface area contributed by atoms with Crippen molar-refractivity contribution in [1.82, 2.24) is 0 Å². The lowest BCUT2D eigenvalue weighted by Gasteiger charge is -2.43. The van der Waals surface area contributed by atoms with Crippen molar-refractivity contribution in [3.8, 4) is 0 Å². The maximum atomic E-state index is 11.3. The molecule has 2 nitrogen and oxygen atoms in total. The van der Waals surface area contributed by atoms with Crippen molar-refractivity contribution in [2.24, 2.45) is 16.7 Å². The number of halogens is 1. The Balaban J connectivity index is 2.64. The van der Waals surface area contributed by atoms with Gasteiger partial charge in [0, 0.05) is 0 Å². The molecule has 0 aromatic heterocycles. The predicted octanol–water partition coefficient (Wildman–Crippen LogP) is 4.32. The van der Waals surface area contributed by atoms with Gasteiger partial charge in [0.1, 0.15) is 11.9 Å². The zero-order valence-corrected chi connectivity index (χ0v) is 11.6. The highest BCUT2D eigenvalue weighted by atomic mass is 35.5. The summed E-state index contributed by atoms with van der Waals surface area (Å²) < 4.78 is 4.26. The molecule has 94 valence electrons. The fourth-order valence-electron chi connectivity index (χ4n) is 2.91. The van der Waals surface area contributed by atoms with E-state index in [2.05, 4.69) is 32.0 Å². The van der Waals surface area contributed by atoms with Crippen LogP contribution in [-0.4, -0.2) is 5.97 Å². The normalized spacial score (nSPS) is 25.2. The van der Waals surface area contributed by atoms with Gasteiger partial charge in [0.05, 0.1) is 6.42 Å². The van der Waals surface area contributed by atoms with Crippen molar-refractivity contribution in [2.75, 3.05) is 0 Å². The molecular weight excluding hydrogens is 224 g/mol. The van der Waals surface area contributed by atoms with Crippen LogP contribution in [0.4, 0.5) is 0 Å². The van der Waals surface area contributed by atoms with Gasteiger partial charge >= 0.3 is 5.97 Å². The van der Waals surface area contributed by atoms with Gasteiger partial charge in [0.15, 0.2) is 0 Å². The minimum atomic E-state index is -0.310. The van der Waals surface area contributed by atoms with E-state index in [0.717, 1.165) is 0 Å². The summed E-state index contributed by atoms with van der Waals surface area (Å²) in [6.07, 6.45) is 5.37. The quantitative estimate of drug-likeness (QED) is 0.742. The minimum Gasteiger partial charge on any atom is -0.348 e. The van der Waals surface area contributed by atoms with E-state index >= 15 is 0 Å². The number of rotatable bonds is 3. The summed E-state index contributed by atoms with van der Waals surface area (Å²) in [5.74, 6) is 0.280. The molecular formula is C13H23ClO2. The fourth-order valence-corrected chi connectivity index (χ4v) is 2.96. The van der Waals surface area contributed by atoms with Gasteiger partial charge in [-0.15, -0.1) is 0 Å². The van der Waals surface area contributed by atoms with Crippen LogP contribution in [0.3, 0.4) is 0 Å². The van der Waals surface area contributed by atoms with Crippen LogP contribution in [0.15, 0.2) is 0 Å². The lowest BCUT2D eigenvalue weighted by Crippen LogP contribution is -2.34. The standard InChI is InChI=1S/C13H23ClO2/c1-12(2)7-5-6-10(8-12)13(3,4)9-11(15)16-14/h10H,5-9H2,1-4H3. The Bertz CT molecular complexity index is 259. The van der Waals surface area contributed by atoms with Crippen LogP contribution >= 0.6 is 11.9 Å². The Kier molecular flexibility index (Phi) is 4.28. The molecule has 0 spiro atoms. The van der Waals surface area contributed by atoms with E-state index in [1.165, 1.54) is 25.7 Å². The summed E-state index contributed by atoms with van der Waals surface area (Å²) in [7, 11) is 0. The van der Waals surface area contributed by atoms with Crippen LogP contribution in [0, 0.1) is 16.7 Å². The van der Waals surface area contributed by atoms with Gasteiger partial charge in [0.25, 0.3) is 0 Å². The lowest BCUT2D eigenvalue weighted by atomic mass is 9.62. The van der Waals surface area contributed by atoms with Crippen LogP contribution < -0.4 is 0 Å². The summed E-state index contributed by atoms with van der Waals surface area (Å²) in [6.45, 7) is 8.92. The highest BCUT2D eigenvalue weighted by molar-refractivity contribution is 6.13. The number of carbonyl (C=O) groups is 1. The van der Waals surface area contributed by atoms with Crippen LogP contribution in [0.2, 0.25) is 0 Å². The minimum absolute atomic E-state index is 0.0103. The number of carbonyl (C=O) groups excluding carboxylic acids is 1. The lowest BCUT2D eigenvalue weighted by molar-refractivity contribution is -0.137. The summed E-state index contributed by atoms with van der Waals surface area (Å²) in [5.41, 5.74) is 0.398. The topological polar surface area (TPSA) is 26.3 Å². The second-order valence-electron chi connectivity index (χ2n) is 6.57. The van der Waals surface area contributed by atoms with Crippen LogP contribution in [0.1, 0.15) is 59.8 Å². The fraction of sp³-hybridized carbons (Fsp3) is 0.923. The third-order valence-corrected chi connectivity index (χ3v) is 4.17. The summed E-state index contributed by atoms with van der Waals surface area (Å²) in [6, 6.07) is 0. The van der Waals surface area contributed by atoms with Gasteiger partial charge in [-0.25, -0.2) is 0 Å². The average molecular weight is 247 g/mol. The molecule has 1 aliphatic carbocycles. The van der Waals surface area contributed by atoms with Crippen molar-refractivity contribution in [3.05, 3.63) is 0 Å². The van der Waals surface area contributed by atoms with Gasteiger partial charge in [-0.2, -0.15) is 0 Å². The van der Waals surface area contributed by atoms with E-state index < -0.39 is 0 Å². The van der Waals surface area contributed by atoms with E-state index in [1.54, 1.807) is 0 Å². The summed E-state index contributed by atoms with van der Waals surface area (Å²) in [4.78, 5) is 11.3. The summed E-state index contributed by atoms with van der Waals surface area (Å²) >= 11 is 5.10. The largest absolute Gasteiger partial charge is 0.348 e. The Morgan fingerprint density at radius 3 is 2.62 bits per heavy atom. The third kappa shape index (κ3) is 3.65. The van der Waals surface area contributed by atoms with Crippen LogP contribution in [-0.2, 0) is 9.08 Å². The van der Waals surface area contributed by atoms with Crippen molar-refractivity contribution in [1.29, 1.82) is 0 Å². The highest BCUT2D eigenvalue weighted by Gasteiger charge is 2.38. The first kappa shape index (κ1) is 13.8. The molecule has 0 aromatic rings. The molecule has 0 N–H and O–H groups in total. The first-order valence-electron chi connectivity index (χ1n) is 6.08. The molecule has 16 heavy (non-hydrogen) atoms. The zero-order chi connectivity index (χ0) is 12.4. The summed E-state index contributed by atoms with van der Waals surface area (Å²) in [5, 5.41) is 0. The molecule has 0 aromatic carbocycles. The van der Waals surface area contributed by atoms with Crippen molar-refractivity contribution >= 4 is 17.8 Å². The predicted molar refractivity (Wildman–Crippen MR) is 66.1 cm³/mol. The molecule has 0 saturated heterocycles. The Hall–Kier alpha value is -0.240. The van der Waals surface area contributed by atoms with E-state index in [0.29, 0.717) is 17.8 Å². The molecule has 3 heteroatoms. The first-order valence-corrected chi connectivity index (χ1v) is 6.39. The van der Waals surface area contributed by atoms with Gasteiger partial charge in [-0.05, 0) is 36.0 Å².